The summed E-state index contributed by atoms with van der Waals surface area (Å²) in [5.74, 6) is -0.434. The van der Waals surface area contributed by atoms with Gasteiger partial charge in [-0.15, -0.1) is 0 Å². The average Bonchev–Trinajstić information content (AvgIpc) is 2.64. The molecule has 6 heteroatoms. The van der Waals surface area contributed by atoms with Crippen LogP contribution < -0.4 is 15.4 Å². The SMILES string of the molecule is Cc1ccc2c(c1)C(=O)N(c1ccc(=O)[nH]c1C)CN2c1ccc(F)cc1C. The van der Waals surface area contributed by atoms with E-state index >= 15 is 0 Å². The van der Waals surface area contributed by atoms with Gasteiger partial charge in [0.05, 0.1) is 16.9 Å². The molecule has 5 nitrogen and oxygen atoms in total. The lowest BCUT2D eigenvalue weighted by atomic mass is 10.0. The Morgan fingerprint density at radius 2 is 1.57 bits per heavy atom. The Kier molecular flexibility index (Phi) is 4.26. The van der Waals surface area contributed by atoms with Crippen molar-refractivity contribution in [2.75, 3.05) is 16.5 Å². The summed E-state index contributed by atoms with van der Waals surface area (Å²) in [7, 11) is 0. The van der Waals surface area contributed by atoms with Crippen LogP contribution in [0.25, 0.3) is 0 Å². The Labute approximate surface area is 162 Å². The fraction of sp³-hybridized carbons (Fsp3) is 0.182. The predicted molar refractivity (Wildman–Crippen MR) is 108 cm³/mol. The molecule has 0 spiro atoms. The minimum atomic E-state index is -0.299. The lowest BCUT2D eigenvalue weighted by Gasteiger charge is -2.39. The Bertz CT molecular complexity index is 1150. The molecule has 28 heavy (non-hydrogen) atoms. The number of aromatic amines is 1. The largest absolute Gasteiger partial charge is 0.324 e. The molecule has 142 valence electrons. The van der Waals surface area contributed by atoms with E-state index in [-0.39, 0.29) is 24.0 Å². The van der Waals surface area contributed by atoms with Crippen LogP contribution in [0.15, 0.2) is 53.3 Å². The summed E-state index contributed by atoms with van der Waals surface area (Å²) in [6, 6.07) is 13.4. The maximum Gasteiger partial charge on any atom is 0.261 e. The van der Waals surface area contributed by atoms with Crippen molar-refractivity contribution < 1.29 is 9.18 Å². The minimum Gasteiger partial charge on any atom is -0.324 e. The van der Waals surface area contributed by atoms with Gasteiger partial charge in [0.15, 0.2) is 0 Å². The fourth-order valence-corrected chi connectivity index (χ4v) is 3.66. The molecule has 1 aliphatic rings. The number of halogens is 1. The third-order valence-electron chi connectivity index (χ3n) is 5.03. The number of aryl methyl sites for hydroxylation is 3. The number of benzene rings is 2. The highest BCUT2D eigenvalue weighted by Crippen LogP contribution is 2.37. The van der Waals surface area contributed by atoms with Gasteiger partial charge in [-0.2, -0.15) is 0 Å². The van der Waals surface area contributed by atoms with Crippen molar-refractivity contribution in [1.29, 1.82) is 0 Å². The van der Waals surface area contributed by atoms with Gasteiger partial charge in [-0.3, -0.25) is 14.5 Å². The van der Waals surface area contributed by atoms with Gasteiger partial charge >= 0.3 is 0 Å². The predicted octanol–water partition coefficient (Wildman–Crippen LogP) is 4.20. The van der Waals surface area contributed by atoms with Gasteiger partial charge in [-0.25, -0.2) is 4.39 Å². The summed E-state index contributed by atoms with van der Waals surface area (Å²) < 4.78 is 13.6. The number of anilines is 3. The van der Waals surface area contributed by atoms with Gasteiger partial charge in [0, 0.05) is 17.4 Å². The minimum absolute atomic E-state index is 0.134. The number of amides is 1. The molecular formula is C22H20FN3O2. The molecule has 1 amide bonds. The fourth-order valence-electron chi connectivity index (χ4n) is 3.66. The summed E-state index contributed by atoms with van der Waals surface area (Å²) in [6.07, 6.45) is 0. The zero-order valence-electron chi connectivity index (χ0n) is 15.9. The molecule has 0 unspecified atom stereocenters. The van der Waals surface area contributed by atoms with Gasteiger partial charge in [0.1, 0.15) is 12.5 Å². The van der Waals surface area contributed by atoms with Gasteiger partial charge in [-0.05, 0) is 62.7 Å². The zero-order chi connectivity index (χ0) is 20.0. The molecule has 1 aliphatic heterocycles. The number of nitrogens with zero attached hydrogens (tertiary/aromatic N) is 2. The van der Waals surface area contributed by atoms with Gasteiger partial charge in [0.2, 0.25) is 5.56 Å². The maximum atomic E-state index is 13.6. The zero-order valence-corrected chi connectivity index (χ0v) is 15.9. The summed E-state index contributed by atoms with van der Waals surface area (Å²) >= 11 is 0. The van der Waals surface area contributed by atoms with Crippen molar-refractivity contribution >= 4 is 23.0 Å². The van der Waals surface area contributed by atoms with E-state index in [9.17, 15) is 14.0 Å². The molecule has 2 aromatic carbocycles. The topological polar surface area (TPSA) is 56.4 Å². The van der Waals surface area contributed by atoms with Crippen molar-refractivity contribution in [2.24, 2.45) is 0 Å². The number of rotatable bonds is 2. The van der Waals surface area contributed by atoms with Crippen LogP contribution in [0.5, 0.6) is 0 Å². The first-order chi connectivity index (χ1) is 13.3. The molecule has 3 aromatic rings. The van der Waals surface area contributed by atoms with E-state index < -0.39 is 0 Å². The van der Waals surface area contributed by atoms with Crippen molar-refractivity contribution in [3.63, 3.8) is 0 Å². The lowest BCUT2D eigenvalue weighted by molar-refractivity contribution is 0.0983. The molecule has 0 radical (unpaired) electrons. The van der Waals surface area contributed by atoms with Crippen molar-refractivity contribution in [2.45, 2.75) is 20.8 Å². The number of H-pyrrole nitrogens is 1. The van der Waals surface area contributed by atoms with E-state index in [4.69, 9.17) is 0 Å². The van der Waals surface area contributed by atoms with Crippen LogP contribution >= 0.6 is 0 Å². The first-order valence-corrected chi connectivity index (χ1v) is 9.01. The number of carbonyl (C=O) groups is 1. The van der Waals surface area contributed by atoms with Crippen LogP contribution in [-0.4, -0.2) is 17.6 Å². The molecule has 2 heterocycles. The van der Waals surface area contributed by atoms with E-state index in [1.54, 1.807) is 24.0 Å². The quantitative estimate of drug-likeness (QED) is 0.728. The molecule has 0 saturated carbocycles. The average molecular weight is 377 g/mol. The monoisotopic (exact) mass is 377 g/mol. The molecule has 0 atom stereocenters. The van der Waals surface area contributed by atoms with Crippen LogP contribution in [0, 0.1) is 26.6 Å². The first kappa shape index (κ1) is 18.0. The summed E-state index contributed by atoms with van der Waals surface area (Å²) in [5.41, 5.74) is 4.97. The van der Waals surface area contributed by atoms with Crippen LogP contribution in [0.3, 0.4) is 0 Å². The molecule has 0 saturated heterocycles. The second-order valence-electron chi connectivity index (χ2n) is 7.09. The lowest BCUT2D eigenvalue weighted by Crippen LogP contribution is -2.45. The molecule has 0 bridgehead atoms. The smallest absolute Gasteiger partial charge is 0.261 e. The summed E-state index contributed by atoms with van der Waals surface area (Å²) in [5, 5.41) is 0. The Balaban J connectivity index is 1.90. The van der Waals surface area contributed by atoms with E-state index in [0.29, 0.717) is 16.9 Å². The van der Waals surface area contributed by atoms with Crippen molar-refractivity contribution in [1.82, 2.24) is 4.98 Å². The standard InChI is InChI=1S/C22H20FN3O2/c1-13-4-6-20-17(10-13)22(28)26(19-8-9-21(27)24-15(19)3)12-25(20)18-7-5-16(23)11-14(18)2/h4-11H,12H2,1-3H3,(H,24,27). The maximum absolute atomic E-state index is 13.6. The molecule has 1 N–H and O–H groups in total. The molecule has 0 fully saturated rings. The van der Waals surface area contributed by atoms with E-state index in [2.05, 4.69) is 4.98 Å². The van der Waals surface area contributed by atoms with Crippen molar-refractivity contribution in [3.05, 3.63) is 87.1 Å². The third-order valence-corrected chi connectivity index (χ3v) is 5.03. The molecule has 1 aromatic heterocycles. The van der Waals surface area contributed by atoms with Crippen LogP contribution in [-0.2, 0) is 0 Å². The highest BCUT2D eigenvalue weighted by molar-refractivity contribution is 6.12. The number of nitrogens with one attached hydrogen (secondary N) is 1. The number of fused-ring (bicyclic) bond motifs is 1. The van der Waals surface area contributed by atoms with Crippen LogP contribution in [0.4, 0.5) is 21.5 Å². The highest BCUT2D eigenvalue weighted by Gasteiger charge is 2.32. The molecule has 4 rings (SSSR count). The molecular weight excluding hydrogens is 357 g/mol. The van der Waals surface area contributed by atoms with Crippen LogP contribution in [0.1, 0.15) is 27.2 Å². The summed E-state index contributed by atoms with van der Waals surface area (Å²) in [4.78, 5) is 31.3. The number of aromatic nitrogens is 1. The highest BCUT2D eigenvalue weighted by atomic mass is 19.1. The molecule has 0 aliphatic carbocycles. The number of carbonyl (C=O) groups excluding carboxylic acids is 1. The van der Waals surface area contributed by atoms with Crippen LogP contribution in [0.2, 0.25) is 0 Å². The first-order valence-electron chi connectivity index (χ1n) is 9.01. The number of hydrogen-bond donors (Lipinski definition) is 1. The Morgan fingerprint density at radius 3 is 2.29 bits per heavy atom. The Hall–Kier alpha value is -3.41. The van der Waals surface area contributed by atoms with E-state index in [0.717, 1.165) is 22.5 Å². The van der Waals surface area contributed by atoms with Gasteiger partial charge in [-0.1, -0.05) is 11.6 Å². The second kappa shape index (κ2) is 6.64. The Morgan fingerprint density at radius 1 is 0.857 bits per heavy atom. The second-order valence-corrected chi connectivity index (χ2v) is 7.09. The van der Waals surface area contributed by atoms with E-state index in [1.807, 2.05) is 36.9 Å². The normalized spacial score (nSPS) is 13.6. The summed E-state index contributed by atoms with van der Waals surface area (Å²) in [6.45, 7) is 5.81. The number of pyridine rings is 1. The third kappa shape index (κ3) is 2.97. The van der Waals surface area contributed by atoms with Gasteiger partial charge in [0.25, 0.3) is 5.91 Å². The van der Waals surface area contributed by atoms with E-state index in [1.165, 1.54) is 18.2 Å². The van der Waals surface area contributed by atoms with Crippen molar-refractivity contribution in [3.8, 4) is 0 Å². The van der Waals surface area contributed by atoms with Gasteiger partial charge < -0.3 is 9.88 Å². The number of hydrogen-bond acceptors (Lipinski definition) is 3.